The van der Waals surface area contributed by atoms with Crippen molar-refractivity contribution in [2.45, 2.75) is 32.1 Å². The number of aryl methyl sites for hydroxylation is 1. The number of benzene rings is 2. The highest BCUT2D eigenvalue weighted by atomic mass is 35.5. The van der Waals surface area contributed by atoms with Crippen LogP contribution in [0.2, 0.25) is 5.02 Å². The second kappa shape index (κ2) is 7.51. The highest BCUT2D eigenvalue weighted by molar-refractivity contribution is 6.30. The SMILES string of the molecule is CC(C)(CNC(=O)CCc1ccccc1N)c1ccc(Cl)cc1. The molecule has 0 bridgehead atoms. The van der Waals surface area contributed by atoms with Crippen LogP contribution in [0.25, 0.3) is 0 Å². The molecule has 0 unspecified atom stereocenters. The number of hydrogen-bond acceptors (Lipinski definition) is 2. The maximum Gasteiger partial charge on any atom is 0.220 e. The highest BCUT2D eigenvalue weighted by Crippen LogP contribution is 2.24. The first-order valence-electron chi connectivity index (χ1n) is 7.74. The summed E-state index contributed by atoms with van der Waals surface area (Å²) in [5.74, 6) is 0.0373. The number of para-hydroxylation sites is 1. The molecule has 3 nitrogen and oxygen atoms in total. The molecule has 1 amide bonds. The van der Waals surface area contributed by atoms with Crippen molar-refractivity contribution in [1.82, 2.24) is 5.32 Å². The van der Waals surface area contributed by atoms with Crippen LogP contribution in [0.4, 0.5) is 5.69 Å². The van der Waals surface area contributed by atoms with Gasteiger partial charge in [0.1, 0.15) is 0 Å². The van der Waals surface area contributed by atoms with Crippen molar-refractivity contribution in [2.75, 3.05) is 12.3 Å². The normalized spacial score (nSPS) is 11.3. The summed E-state index contributed by atoms with van der Waals surface area (Å²) in [5, 5.41) is 3.73. The molecule has 3 N–H and O–H groups in total. The maximum absolute atomic E-state index is 12.1. The van der Waals surface area contributed by atoms with Gasteiger partial charge in [0.25, 0.3) is 0 Å². The molecule has 2 aromatic rings. The molecule has 0 aliphatic carbocycles. The molecule has 0 heterocycles. The first kappa shape index (κ1) is 17.4. The number of rotatable bonds is 6. The van der Waals surface area contributed by atoms with Crippen molar-refractivity contribution in [3.05, 3.63) is 64.7 Å². The third kappa shape index (κ3) is 5.00. The first-order valence-corrected chi connectivity index (χ1v) is 8.12. The summed E-state index contributed by atoms with van der Waals surface area (Å²) >= 11 is 5.92. The summed E-state index contributed by atoms with van der Waals surface area (Å²) in [4.78, 5) is 12.1. The molecular weight excluding hydrogens is 308 g/mol. The smallest absolute Gasteiger partial charge is 0.220 e. The quantitative estimate of drug-likeness (QED) is 0.788. The van der Waals surface area contributed by atoms with Crippen LogP contribution < -0.4 is 11.1 Å². The minimum absolute atomic E-state index is 0.0373. The molecule has 0 aromatic heterocycles. The molecule has 0 aliphatic heterocycles. The molecule has 0 aliphatic rings. The van der Waals surface area contributed by atoms with Crippen LogP contribution in [0.3, 0.4) is 0 Å². The van der Waals surface area contributed by atoms with E-state index in [2.05, 4.69) is 19.2 Å². The van der Waals surface area contributed by atoms with Gasteiger partial charge in [0.05, 0.1) is 0 Å². The molecule has 23 heavy (non-hydrogen) atoms. The van der Waals surface area contributed by atoms with Crippen LogP contribution in [0.15, 0.2) is 48.5 Å². The predicted octanol–water partition coefficient (Wildman–Crippen LogP) is 3.95. The van der Waals surface area contributed by atoms with Gasteiger partial charge in [-0.25, -0.2) is 0 Å². The summed E-state index contributed by atoms with van der Waals surface area (Å²) in [6.07, 6.45) is 1.09. The molecule has 0 fully saturated rings. The van der Waals surface area contributed by atoms with Gasteiger partial charge in [0, 0.05) is 29.1 Å². The van der Waals surface area contributed by atoms with Crippen molar-refractivity contribution < 1.29 is 4.79 Å². The number of nitrogens with one attached hydrogen (secondary N) is 1. The Balaban J connectivity index is 1.86. The number of amides is 1. The molecule has 4 heteroatoms. The second-order valence-corrected chi connectivity index (χ2v) is 6.80. The van der Waals surface area contributed by atoms with E-state index in [1.54, 1.807) is 0 Å². The predicted molar refractivity (Wildman–Crippen MR) is 96.7 cm³/mol. The number of carbonyl (C=O) groups excluding carboxylic acids is 1. The molecule has 0 atom stereocenters. The fourth-order valence-electron chi connectivity index (χ4n) is 2.42. The van der Waals surface area contributed by atoms with Crippen LogP contribution in [0.5, 0.6) is 0 Å². The Labute approximate surface area is 142 Å². The van der Waals surface area contributed by atoms with E-state index in [4.69, 9.17) is 17.3 Å². The number of anilines is 1. The van der Waals surface area contributed by atoms with Gasteiger partial charge in [-0.05, 0) is 35.7 Å². The molecule has 2 rings (SSSR count). The van der Waals surface area contributed by atoms with E-state index in [0.717, 1.165) is 16.8 Å². The fourth-order valence-corrected chi connectivity index (χ4v) is 2.55. The van der Waals surface area contributed by atoms with Gasteiger partial charge in [-0.3, -0.25) is 4.79 Å². The molecule has 122 valence electrons. The van der Waals surface area contributed by atoms with Crippen molar-refractivity contribution >= 4 is 23.2 Å². The standard InChI is InChI=1S/C19H23ClN2O/c1-19(2,15-8-10-16(20)11-9-15)13-22-18(23)12-7-14-5-3-4-6-17(14)21/h3-6,8-11H,7,12-13,21H2,1-2H3,(H,22,23). The van der Waals surface area contributed by atoms with Crippen molar-refractivity contribution in [3.63, 3.8) is 0 Å². The van der Waals surface area contributed by atoms with E-state index in [0.29, 0.717) is 24.4 Å². The van der Waals surface area contributed by atoms with Gasteiger partial charge in [0.15, 0.2) is 0 Å². The average Bonchev–Trinajstić information content (AvgIpc) is 2.53. The van der Waals surface area contributed by atoms with Gasteiger partial charge < -0.3 is 11.1 Å². The topological polar surface area (TPSA) is 55.1 Å². The highest BCUT2D eigenvalue weighted by Gasteiger charge is 2.21. The van der Waals surface area contributed by atoms with Crippen molar-refractivity contribution in [3.8, 4) is 0 Å². The lowest BCUT2D eigenvalue weighted by molar-refractivity contribution is -0.121. The Bertz CT molecular complexity index is 665. The Hall–Kier alpha value is -2.00. The fraction of sp³-hybridized carbons (Fsp3) is 0.316. The van der Waals surface area contributed by atoms with Crippen LogP contribution >= 0.6 is 11.6 Å². The molecule has 0 saturated heterocycles. The number of nitrogen functional groups attached to an aromatic ring is 1. The second-order valence-electron chi connectivity index (χ2n) is 6.37. The summed E-state index contributed by atoms with van der Waals surface area (Å²) in [5.41, 5.74) is 8.65. The largest absolute Gasteiger partial charge is 0.399 e. The summed E-state index contributed by atoms with van der Waals surface area (Å²) in [6.45, 7) is 4.79. The summed E-state index contributed by atoms with van der Waals surface area (Å²) in [6, 6.07) is 15.4. The number of halogens is 1. The van der Waals surface area contributed by atoms with Crippen LogP contribution in [-0.4, -0.2) is 12.5 Å². The zero-order chi connectivity index (χ0) is 16.9. The minimum atomic E-state index is -0.147. The summed E-state index contributed by atoms with van der Waals surface area (Å²) < 4.78 is 0. The van der Waals surface area contributed by atoms with Gasteiger partial charge in [-0.2, -0.15) is 0 Å². The molecule has 0 radical (unpaired) electrons. The third-order valence-electron chi connectivity index (χ3n) is 4.03. The zero-order valence-corrected chi connectivity index (χ0v) is 14.4. The van der Waals surface area contributed by atoms with Gasteiger partial charge >= 0.3 is 0 Å². The zero-order valence-electron chi connectivity index (χ0n) is 13.6. The average molecular weight is 331 g/mol. The summed E-state index contributed by atoms with van der Waals surface area (Å²) in [7, 11) is 0. The van der Waals surface area contributed by atoms with Gasteiger partial charge in [0.2, 0.25) is 5.91 Å². The Kier molecular flexibility index (Phi) is 5.67. The van der Waals surface area contributed by atoms with E-state index in [1.165, 1.54) is 0 Å². The van der Waals surface area contributed by atoms with E-state index in [1.807, 2.05) is 48.5 Å². The maximum atomic E-state index is 12.1. The minimum Gasteiger partial charge on any atom is -0.399 e. The van der Waals surface area contributed by atoms with Crippen LogP contribution in [0, 0.1) is 0 Å². The van der Waals surface area contributed by atoms with E-state index in [9.17, 15) is 4.79 Å². The van der Waals surface area contributed by atoms with E-state index in [-0.39, 0.29) is 11.3 Å². The molecule has 0 saturated carbocycles. The van der Waals surface area contributed by atoms with Crippen LogP contribution in [0.1, 0.15) is 31.4 Å². The Morgan fingerprint density at radius 1 is 1.13 bits per heavy atom. The van der Waals surface area contributed by atoms with Gasteiger partial charge in [-0.15, -0.1) is 0 Å². The number of carbonyl (C=O) groups is 1. The first-order chi connectivity index (χ1) is 10.9. The van der Waals surface area contributed by atoms with E-state index >= 15 is 0 Å². The van der Waals surface area contributed by atoms with Crippen LogP contribution in [-0.2, 0) is 16.6 Å². The monoisotopic (exact) mass is 330 g/mol. The van der Waals surface area contributed by atoms with Crippen molar-refractivity contribution in [1.29, 1.82) is 0 Å². The van der Waals surface area contributed by atoms with Gasteiger partial charge in [-0.1, -0.05) is 55.8 Å². The third-order valence-corrected chi connectivity index (χ3v) is 4.28. The number of hydrogen-bond donors (Lipinski definition) is 2. The van der Waals surface area contributed by atoms with E-state index < -0.39 is 0 Å². The lowest BCUT2D eigenvalue weighted by Crippen LogP contribution is -2.36. The molecular formula is C19H23ClN2O. The lowest BCUT2D eigenvalue weighted by atomic mass is 9.84. The molecule has 2 aromatic carbocycles. The Morgan fingerprint density at radius 3 is 2.43 bits per heavy atom. The number of nitrogens with two attached hydrogens (primary N) is 1. The Morgan fingerprint density at radius 2 is 1.78 bits per heavy atom. The van der Waals surface area contributed by atoms with Crippen molar-refractivity contribution in [2.24, 2.45) is 0 Å². The lowest BCUT2D eigenvalue weighted by Gasteiger charge is -2.25. The molecule has 0 spiro atoms.